The molecule has 5 heteroatoms. The summed E-state index contributed by atoms with van der Waals surface area (Å²) in [5.74, 6) is 0. The van der Waals surface area contributed by atoms with E-state index in [-0.39, 0.29) is 4.83 Å². The SMILES string of the molecule is CC(Br)c1cnnn1-c1ccc(I)cc1. The number of aromatic nitrogens is 3. The van der Waals surface area contributed by atoms with E-state index >= 15 is 0 Å². The van der Waals surface area contributed by atoms with Gasteiger partial charge in [-0.1, -0.05) is 21.1 Å². The molecule has 0 bridgehead atoms. The van der Waals surface area contributed by atoms with E-state index in [2.05, 4.69) is 67.9 Å². The van der Waals surface area contributed by atoms with Crippen LogP contribution in [0.15, 0.2) is 30.5 Å². The van der Waals surface area contributed by atoms with Crippen LogP contribution in [0.4, 0.5) is 0 Å². The van der Waals surface area contributed by atoms with Gasteiger partial charge in [-0.05, 0) is 53.8 Å². The van der Waals surface area contributed by atoms with Gasteiger partial charge in [0.1, 0.15) is 0 Å². The Morgan fingerprint density at radius 2 is 2.00 bits per heavy atom. The molecule has 0 radical (unpaired) electrons. The third-order valence-corrected chi connectivity index (χ3v) is 3.24. The smallest absolute Gasteiger partial charge is 0.0779 e. The maximum absolute atomic E-state index is 4.07. The van der Waals surface area contributed by atoms with Gasteiger partial charge >= 0.3 is 0 Å². The van der Waals surface area contributed by atoms with Crippen molar-refractivity contribution in [1.29, 1.82) is 0 Å². The molecule has 2 rings (SSSR count). The Kier molecular flexibility index (Phi) is 3.40. The molecule has 15 heavy (non-hydrogen) atoms. The number of alkyl halides is 1. The van der Waals surface area contributed by atoms with Crippen LogP contribution in [-0.4, -0.2) is 15.0 Å². The summed E-state index contributed by atoms with van der Waals surface area (Å²) in [5.41, 5.74) is 2.09. The van der Waals surface area contributed by atoms with Crippen LogP contribution in [0.5, 0.6) is 0 Å². The molecule has 1 aromatic carbocycles. The Morgan fingerprint density at radius 1 is 1.33 bits per heavy atom. The second-order valence-electron chi connectivity index (χ2n) is 3.16. The average Bonchev–Trinajstić information content (AvgIpc) is 2.67. The van der Waals surface area contributed by atoms with Crippen LogP contribution in [-0.2, 0) is 0 Å². The van der Waals surface area contributed by atoms with Crippen molar-refractivity contribution < 1.29 is 0 Å². The molecule has 1 aromatic heterocycles. The van der Waals surface area contributed by atoms with Crippen molar-refractivity contribution in [3.63, 3.8) is 0 Å². The molecule has 0 aliphatic carbocycles. The van der Waals surface area contributed by atoms with Crippen molar-refractivity contribution in [2.75, 3.05) is 0 Å². The molecule has 1 atom stereocenters. The summed E-state index contributed by atoms with van der Waals surface area (Å²) in [6.07, 6.45) is 1.78. The highest BCUT2D eigenvalue weighted by Crippen LogP contribution is 2.23. The molecule has 0 saturated carbocycles. The van der Waals surface area contributed by atoms with Crippen LogP contribution in [0.2, 0.25) is 0 Å². The summed E-state index contributed by atoms with van der Waals surface area (Å²) in [4.78, 5) is 0.242. The number of hydrogen-bond acceptors (Lipinski definition) is 2. The lowest BCUT2D eigenvalue weighted by Gasteiger charge is -2.07. The zero-order chi connectivity index (χ0) is 10.8. The molecule has 0 fully saturated rings. The molecule has 0 spiro atoms. The lowest BCUT2D eigenvalue weighted by Crippen LogP contribution is -2.02. The van der Waals surface area contributed by atoms with Gasteiger partial charge in [0.15, 0.2) is 0 Å². The third kappa shape index (κ3) is 2.39. The van der Waals surface area contributed by atoms with Gasteiger partial charge in [0, 0.05) is 3.57 Å². The van der Waals surface area contributed by atoms with Gasteiger partial charge in [0.25, 0.3) is 0 Å². The molecule has 1 heterocycles. The number of nitrogens with zero attached hydrogens (tertiary/aromatic N) is 3. The second-order valence-corrected chi connectivity index (χ2v) is 5.78. The number of halogens is 2. The first-order valence-corrected chi connectivity index (χ1v) is 6.48. The quantitative estimate of drug-likeness (QED) is 0.593. The summed E-state index contributed by atoms with van der Waals surface area (Å²) >= 11 is 5.80. The maximum Gasteiger partial charge on any atom is 0.0779 e. The van der Waals surface area contributed by atoms with Crippen molar-refractivity contribution >= 4 is 38.5 Å². The van der Waals surface area contributed by atoms with E-state index in [1.54, 1.807) is 6.20 Å². The van der Waals surface area contributed by atoms with Gasteiger partial charge in [-0.2, -0.15) is 0 Å². The van der Waals surface area contributed by atoms with E-state index in [1.165, 1.54) is 3.57 Å². The third-order valence-electron chi connectivity index (χ3n) is 2.05. The van der Waals surface area contributed by atoms with Crippen LogP contribution in [0.3, 0.4) is 0 Å². The topological polar surface area (TPSA) is 30.7 Å². The van der Waals surface area contributed by atoms with Crippen molar-refractivity contribution in [2.24, 2.45) is 0 Å². The first kappa shape index (κ1) is 11.1. The van der Waals surface area contributed by atoms with E-state index in [1.807, 2.05) is 16.8 Å². The summed E-state index contributed by atoms with van der Waals surface area (Å²) < 4.78 is 3.06. The fourth-order valence-electron chi connectivity index (χ4n) is 1.30. The van der Waals surface area contributed by atoms with E-state index in [0.717, 1.165) is 11.4 Å². The van der Waals surface area contributed by atoms with Gasteiger partial charge in [-0.3, -0.25) is 0 Å². The standard InChI is InChI=1S/C10H9BrIN3/c1-7(11)10-6-13-14-15(10)9-4-2-8(12)3-5-9/h2-7H,1H3. The van der Waals surface area contributed by atoms with Crippen molar-refractivity contribution in [2.45, 2.75) is 11.8 Å². The maximum atomic E-state index is 4.07. The zero-order valence-corrected chi connectivity index (χ0v) is 11.8. The Labute approximate surface area is 110 Å². The number of hydrogen-bond donors (Lipinski definition) is 0. The summed E-state index contributed by atoms with van der Waals surface area (Å²) in [7, 11) is 0. The molecule has 3 nitrogen and oxygen atoms in total. The van der Waals surface area contributed by atoms with E-state index in [0.29, 0.717) is 0 Å². The van der Waals surface area contributed by atoms with Crippen LogP contribution in [0.1, 0.15) is 17.4 Å². The Morgan fingerprint density at radius 3 is 2.60 bits per heavy atom. The number of benzene rings is 1. The summed E-state index contributed by atoms with van der Waals surface area (Å²) in [6, 6.07) is 8.19. The van der Waals surface area contributed by atoms with Crippen molar-refractivity contribution in [3.05, 3.63) is 39.7 Å². The average molecular weight is 378 g/mol. The van der Waals surface area contributed by atoms with Gasteiger partial charge < -0.3 is 0 Å². The molecule has 0 aliphatic rings. The van der Waals surface area contributed by atoms with Gasteiger partial charge in [0.05, 0.1) is 22.4 Å². The minimum absolute atomic E-state index is 0.242. The normalized spacial score (nSPS) is 12.7. The highest BCUT2D eigenvalue weighted by molar-refractivity contribution is 14.1. The van der Waals surface area contributed by atoms with E-state index in [4.69, 9.17) is 0 Å². The van der Waals surface area contributed by atoms with E-state index in [9.17, 15) is 0 Å². The first-order valence-electron chi connectivity index (χ1n) is 4.49. The second kappa shape index (κ2) is 4.61. The number of rotatable bonds is 2. The van der Waals surface area contributed by atoms with Gasteiger partial charge in [-0.15, -0.1) is 5.10 Å². The predicted octanol–water partition coefficient (Wildman–Crippen LogP) is 3.33. The molecule has 78 valence electrons. The lowest BCUT2D eigenvalue weighted by atomic mass is 10.3. The Balaban J connectivity index is 2.45. The van der Waals surface area contributed by atoms with Crippen LogP contribution >= 0.6 is 38.5 Å². The highest BCUT2D eigenvalue weighted by Gasteiger charge is 2.10. The predicted molar refractivity (Wildman–Crippen MR) is 71.4 cm³/mol. The summed E-state index contributed by atoms with van der Waals surface area (Å²) in [5, 5.41) is 7.99. The monoisotopic (exact) mass is 377 g/mol. The van der Waals surface area contributed by atoms with Crippen molar-refractivity contribution in [1.82, 2.24) is 15.0 Å². The minimum Gasteiger partial charge on any atom is -0.216 e. The van der Waals surface area contributed by atoms with Gasteiger partial charge in [0.2, 0.25) is 0 Å². The molecule has 2 aromatic rings. The largest absolute Gasteiger partial charge is 0.216 e. The Hall–Kier alpha value is -0.430. The molecular weight excluding hydrogens is 369 g/mol. The minimum atomic E-state index is 0.242. The van der Waals surface area contributed by atoms with Crippen molar-refractivity contribution in [3.8, 4) is 5.69 Å². The van der Waals surface area contributed by atoms with Crippen LogP contribution in [0.25, 0.3) is 5.69 Å². The molecule has 0 N–H and O–H groups in total. The van der Waals surface area contributed by atoms with Crippen LogP contribution in [0, 0.1) is 3.57 Å². The Bertz CT molecular complexity index is 450. The molecule has 1 unspecified atom stereocenters. The molecular formula is C10H9BrIN3. The fourth-order valence-corrected chi connectivity index (χ4v) is 1.97. The molecule has 0 aliphatic heterocycles. The summed E-state index contributed by atoms with van der Waals surface area (Å²) in [6.45, 7) is 2.06. The van der Waals surface area contributed by atoms with Gasteiger partial charge in [-0.25, -0.2) is 4.68 Å². The molecule has 0 amide bonds. The lowest BCUT2D eigenvalue weighted by molar-refractivity contribution is 0.765. The van der Waals surface area contributed by atoms with E-state index < -0.39 is 0 Å². The molecule has 0 saturated heterocycles. The van der Waals surface area contributed by atoms with Crippen LogP contribution < -0.4 is 0 Å². The highest BCUT2D eigenvalue weighted by atomic mass is 127. The zero-order valence-electron chi connectivity index (χ0n) is 8.06. The fraction of sp³-hybridized carbons (Fsp3) is 0.200. The first-order chi connectivity index (χ1) is 7.18.